The molecule has 0 saturated carbocycles. The summed E-state index contributed by atoms with van der Waals surface area (Å²) >= 11 is 6.02. The van der Waals surface area contributed by atoms with Crippen LogP contribution in [0.4, 0.5) is 24.5 Å². The molecule has 3 rings (SSSR count). The van der Waals surface area contributed by atoms with Gasteiger partial charge in [-0.3, -0.25) is 9.59 Å². The number of hydrogen-bond acceptors (Lipinski definition) is 2. The van der Waals surface area contributed by atoms with Crippen LogP contribution in [0.3, 0.4) is 0 Å². The summed E-state index contributed by atoms with van der Waals surface area (Å²) in [7, 11) is 0. The number of anilines is 2. The Bertz CT molecular complexity index is 899. The van der Waals surface area contributed by atoms with Gasteiger partial charge in [0.25, 0.3) is 0 Å². The van der Waals surface area contributed by atoms with Crippen LogP contribution in [0.5, 0.6) is 0 Å². The van der Waals surface area contributed by atoms with E-state index in [4.69, 9.17) is 11.6 Å². The Hall–Kier alpha value is -2.54. The molecule has 1 atom stereocenters. The molecule has 2 amide bonds. The molecule has 1 N–H and O–H groups in total. The zero-order valence-electron chi connectivity index (χ0n) is 14.3. The Labute approximate surface area is 158 Å². The fraction of sp³-hybridized carbons (Fsp3) is 0.263. The molecule has 1 unspecified atom stereocenters. The number of hydrogen-bond donors (Lipinski definition) is 1. The second-order valence-electron chi connectivity index (χ2n) is 6.32. The molecule has 0 aromatic heterocycles. The summed E-state index contributed by atoms with van der Waals surface area (Å²) < 4.78 is 39.7. The van der Waals surface area contributed by atoms with Crippen LogP contribution in [0.2, 0.25) is 5.02 Å². The van der Waals surface area contributed by atoms with Gasteiger partial charge in [-0.15, -0.1) is 0 Å². The van der Waals surface area contributed by atoms with Crippen LogP contribution >= 0.6 is 11.6 Å². The Morgan fingerprint density at radius 1 is 1.19 bits per heavy atom. The number of carbonyl (C=O) groups is 2. The lowest BCUT2D eigenvalue weighted by molar-refractivity contribution is -0.137. The normalized spacial score (nSPS) is 17.3. The van der Waals surface area contributed by atoms with Crippen LogP contribution in [-0.4, -0.2) is 18.4 Å². The Morgan fingerprint density at radius 3 is 2.59 bits per heavy atom. The van der Waals surface area contributed by atoms with Crippen LogP contribution in [0, 0.1) is 12.8 Å². The predicted octanol–water partition coefficient (Wildman–Crippen LogP) is 4.66. The molecule has 1 aliphatic heterocycles. The van der Waals surface area contributed by atoms with Gasteiger partial charge < -0.3 is 10.2 Å². The highest BCUT2D eigenvalue weighted by Gasteiger charge is 2.40. The molecular weight excluding hydrogens is 381 g/mol. The van der Waals surface area contributed by atoms with E-state index >= 15 is 0 Å². The third kappa shape index (κ3) is 3.93. The lowest BCUT2D eigenvalue weighted by atomic mass is 10.1. The molecule has 1 saturated heterocycles. The number of carbonyl (C=O) groups excluding carboxylic acids is 2. The van der Waals surface area contributed by atoms with Crippen LogP contribution in [0.25, 0.3) is 0 Å². The number of nitrogens with zero attached hydrogens (tertiary/aromatic N) is 1. The lowest BCUT2D eigenvalue weighted by Crippen LogP contribution is -2.29. The topological polar surface area (TPSA) is 49.4 Å². The fourth-order valence-electron chi connectivity index (χ4n) is 3.04. The van der Waals surface area contributed by atoms with E-state index in [0.29, 0.717) is 16.3 Å². The summed E-state index contributed by atoms with van der Waals surface area (Å²) in [6.07, 6.45) is -4.74. The van der Waals surface area contributed by atoms with Gasteiger partial charge in [-0.05, 0) is 36.8 Å². The lowest BCUT2D eigenvalue weighted by Gasteiger charge is -2.21. The van der Waals surface area contributed by atoms with Gasteiger partial charge in [-0.1, -0.05) is 29.8 Å². The first-order valence-electron chi connectivity index (χ1n) is 8.21. The molecule has 142 valence electrons. The molecule has 0 radical (unpaired) electrons. The van der Waals surface area contributed by atoms with E-state index < -0.39 is 29.5 Å². The first kappa shape index (κ1) is 19.2. The van der Waals surface area contributed by atoms with Gasteiger partial charge in [0.15, 0.2) is 0 Å². The third-order valence-corrected chi connectivity index (χ3v) is 4.93. The predicted molar refractivity (Wildman–Crippen MR) is 96.7 cm³/mol. The SMILES string of the molecule is Cc1c(Cl)cccc1NC(=O)C1CC(=O)N(c2ccccc2C(F)(F)F)C1. The van der Waals surface area contributed by atoms with E-state index in [9.17, 15) is 22.8 Å². The summed E-state index contributed by atoms with van der Waals surface area (Å²) in [5.74, 6) is -1.70. The highest BCUT2D eigenvalue weighted by molar-refractivity contribution is 6.31. The molecular formula is C19H16ClF3N2O2. The number of nitrogens with one attached hydrogen (secondary N) is 1. The van der Waals surface area contributed by atoms with Crippen molar-refractivity contribution < 1.29 is 22.8 Å². The minimum absolute atomic E-state index is 0.114. The first-order chi connectivity index (χ1) is 12.7. The number of rotatable bonds is 3. The van der Waals surface area contributed by atoms with Gasteiger partial charge in [0.1, 0.15) is 0 Å². The average Bonchev–Trinajstić information content (AvgIpc) is 3.00. The molecule has 0 bridgehead atoms. The van der Waals surface area contributed by atoms with Gasteiger partial charge in [0.2, 0.25) is 11.8 Å². The third-order valence-electron chi connectivity index (χ3n) is 4.52. The van der Waals surface area contributed by atoms with E-state index in [1.807, 2.05) is 0 Å². The Kier molecular flexibility index (Phi) is 5.15. The maximum absolute atomic E-state index is 13.2. The summed E-state index contributed by atoms with van der Waals surface area (Å²) in [6, 6.07) is 9.89. The Balaban J connectivity index is 1.80. The quantitative estimate of drug-likeness (QED) is 0.820. The molecule has 0 aliphatic carbocycles. The van der Waals surface area contributed by atoms with E-state index in [2.05, 4.69) is 5.32 Å². The van der Waals surface area contributed by atoms with Crippen LogP contribution in [0.1, 0.15) is 17.5 Å². The maximum atomic E-state index is 13.2. The minimum Gasteiger partial charge on any atom is -0.325 e. The number of para-hydroxylation sites is 1. The smallest absolute Gasteiger partial charge is 0.325 e. The van der Waals surface area contributed by atoms with Crippen molar-refractivity contribution in [1.82, 2.24) is 0 Å². The molecule has 1 aliphatic rings. The maximum Gasteiger partial charge on any atom is 0.418 e. The van der Waals surface area contributed by atoms with Crippen molar-refractivity contribution in [2.45, 2.75) is 19.5 Å². The van der Waals surface area contributed by atoms with Crippen molar-refractivity contribution >= 4 is 34.8 Å². The largest absolute Gasteiger partial charge is 0.418 e. The zero-order chi connectivity index (χ0) is 19.8. The van der Waals surface area contributed by atoms with E-state index in [1.165, 1.54) is 18.2 Å². The number of benzene rings is 2. The fourth-order valence-corrected chi connectivity index (χ4v) is 3.22. The van der Waals surface area contributed by atoms with Crippen LogP contribution in [-0.2, 0) is 15.8 Å². The number of amides is 2. The van der Waals surface area contributed by atoms with Crippen molar-refractivity contribution in [3.05, 3.63) is 58.6 Å². The van der Waals surface area contributed by atoms with E-state index in [1.54, 1.807) is 25.1 Å². The highest BCUT2D eigenvalue weighted by atomic mass is 35.5. The number of halogens is 4. The van der Waals surface area contributed by atoms with Crippen molar-refractivity contribution in [3.8, 4) is 0 Å². The van der Waals surface area contributed by atoms with Gasteiger partial charge in [0, 0.05) is 23.7 Å². The number of alkyl halides is 3. The van der Waals surface area contributed by atoms with Crippen LogP contribution in [0.15, 0.2) is 42.5 Å². The van der Waals surface area contributed by atoms with E-state index in [0.717, 1.165) is 11.0 Å². The van der Waals surface area contributed by atoms with Gasteiger partial charge in [-0.2, -0.15) is 13.2 Å². The molecule has 8 heteroatoms. The van der Waals surface area contributed by atoms with Gasteiger partial charge >= 0.3 is 6.18 Å². The standard InChI is InChI=1S/C19H16ClF3N2O2/c1-11-14(20)6-4-7-15(11)24-18(27)12-9-17(26)25(10-12)16-8-3-2-5-13(16)19(21,22)23/h2-8,12H,9-10H2,1H3,(H,24,27). The molecule has 1 heterocycles. The Morgan fingerprint density at radius 2 is 1.89 bits per heavy atom. The summed E-state index contributed by atoms with van der Waals surface area (Å²) in [5.41, 5.74) is 0.0551. The van der Waals surface area contributed by atoms with E-state index in [-0.39, 0.29) is 18.7 Å². The second-order valence-corrected chi connectivity index (χ2v) is 6.73. The summed E-state index contributed by atoms with van der Waals surface area (Å²) in [4.78, 5) is 25.9. The molecule has 2 aromatic carbocycles. The summed E-state index contributed by atoms with van der Waals surface area (Å²) in [5, 5.41) is 3.19. The van der Waals surface area contributed by atoms with Crippen LogP contribution < -0.4 is 10.2 Å². The van der Waals surface area contributed by atoms with Crippen molar-refractivity contribution in [2.24, 2.45) is 5.92 Å². The monoisotopic (exact) mass is 396 g/mol. The van der Waals surface area contributed by atoms with Gasteiger partial charge in [-0.25, -0.2) is 0 Å². The van der Waals surface area contributed by atoms with Crippen molar-refractivity contribution in [1.29, 1.82) is 0 Å². The zero-order valence-corrected chi connectivity index (χ0v) is 15.1. The minimum atomic E-state index is -4.59. The molecule has 2 aromatic rings. The molecule has 0 spiro atoms. The molecule has 1 fully saturated rings. The molecule has 4 nitrogen and oxygen atoms in total. The summed E-state index contributed by atoms with van der Waals surface area (Å²) in [6.45, 7) is 1.63. The highest BCUT2D eigenvalue weighted by Crippen LogP contribution is 2.38. The average molecular weight is 397 g/mol. The van der Waals surface area contributed by atoms with Crippen molar-refractivity contribution in [2.75, 3.05) is 16.8 Å². The molecule has 27 heavy (non-hydrogen) atoms. The van der Waals surface area contributed by atoms with Crippen molar-refractivity contribution in [3.63, 3.8) is 0 Å². The van der Waals surface area contributed by atoms with Gasteiger partial charge in [0.05, 0.1) is 17.2 Å². The first-order valence-corrected chi connectivity index (χ1v) is 8.59. The second kappa shape index (κ2) is 7.23.